The van der Waals surface area contributed by atoms with Gasteiger partial charge < -0.3 is 9.47 Å². The average molecular weight is 911 g/mol. The highest BCUT2D eigenvalue weighted by atomic mass is 32.1. The Kier molecular flexibility index (Phi) is 10.5. The molecule has 0 aliphatic heterocycles. The van der Waals surface area contributed by atoms with Gasteiger partial charge in [0.2, 0.25) is 0 Å². The molecule has 0 spiro atoms. The fourth-order valence-electron chi connectivity index (χ4n) is 10.6. The van der Waals surface area contributed by atoms with Crippen molar-refractivity contribution in [3.05, 3.63) is 278 Å². The highest BCUT2D eigenvalue weighted by Gasteiger charge is 2.23. The predicted molar refractivity (Wildman–Crippen MR) is 301 cm³/mol. The third kappa shape index (κ3) is 7.36. The normalized spacial score (nSPS) is 11.9. The standard InChI is InChI=1S/C67H46N2S/c1-4-19-47(20-5-1)48-37-35-46(36-38-48)43-51(57-32-18-23-49-21-10-12-28-55(49)57)44-50-22-11-13-29-56(50)58-30-14-16-33-62(58)68(52-24-6-2-7-25-52)54-39-40-59-60-41-42-65-66(61-31-15-17-34-64(61)70-65)67(60)69(63(59)45-54)53-26-8-3-9-27-53/h1-42,44-45H,43H2/b51-44-. The van der Waals surface area contributed by atoms with Crippen LogP contribution in [0.15, 0.2) is 261 Å². The molecule has 3 heteroatoms. The quantitative estimate of drug-likeness (QED) is 0.124. The van der Waals surface area contributed by atoms with Gasteiger partial charge in [-0.05, 0) is 111 Å². The van der Waals surface area contributed by atoms with Crippen molar-refractivity contribution in [1.82, 2.24) is 4.57 Å². The second-order valence-electron chi connectivity index (χ2n) is 18.0. The molecule has 70 heavy (non-hydrogen) atoms. The molecule has 0 saturated carbocycles. The summed E-state index contributed by atoms with van der Waals surface area (Å²) in [5.74, 6) is 0. The summed E-state index contributed by atoms with van der Waals surface area (Å²) >= 11 is 1.87. The number of fused-ring (bicyclic) bond motifs is 8. The largest absolute Gasteiger partial charge is 0.310 e. The van der Waals surface area contributed by atoms with Gasteiger partial charge in [0, 0.05) is 53.6 Å². The van der Waals surface area contributed by atoms with E-state index < -0.39 is 0 Å². The molecule has 0 aliphatic carbocycles. The van der Waals surface area contributed by atoms with Crippen LogP contribution >= 0.6 is 11.3 Å². The van der Waals surface area contributed by atoms with Crippen LogP contribution in [0.3, 0.4) is 0 Å². The fraction of sp³-hybridized carbons (Fsp3) is 0.0149. The molecule has 0 unspecified atom stereocenters. The molecule has 0 saturated heterocycles. The van der Waals surface area contributed by atoms with E-state index in [1.807, 2.05) is 11.3 Å². The van der Waals surface area contributed by atoms with Crippen molar-refractivity contribution < 1.29 is 0 Å². The lowest BCUT2D eigenvalue weighted by molar-refractivity contribution is 1.18. The minimum Gasteiger partial charge on any atom is -0.310 e. The molecular formula is C67H46N2S. The summed E-state index contributed by atoms with van der Waals surface area (Å²) < 4.78 is 5.10. The van der Waals surface area contributed by atoms with Crippen molar-refractivity contribution in [2.45, 2.75) is 6.42 Å². The van der Waals surface area contributed by atoms with Gasteiger partial charge in [0.25, 0.3) is 0 Å². The summed E-state index contributed by atoms with van der Waals surface area (Å²) in [6.45, 7) is 0. The lowest BCUT2D eigenvalue weighted by Crippen LogP contribution is -2.11. The molecule has 0 fully saturated rings. The maximum absolute atomic E-state index is 2.49. The molecule has 0 atom stereocenters. The van der Waals surface area contributed by atoms with Crippen molar-refractivity contribution in [3.63, 3.8) is 0 Å². The molecule has 11 aromatic carbocycles. The van der Waals surface area contributed by atoms with Crippen LogP contribution in [0.4, 0.5) is 17.1 Å². The molecule has 0 radical (unpaired) electrons. The molecule has 0 bridgehead atoms. The first-order valence-corrected chi connectivity index (χ1v) is 24.9. The molecule has 13 aromatic rings. The molecule has 330 valence electrons. The maximum atomic E-state index is 2.49. The topological polar surface area (TPSA) is 8.17 Å². The Balaban J connectivity index is 0.993. The maximum Gasteiger partial charge on any atom is 0.0634 e. The van der Waals surface area contributed by atoms with Crippen molar-refractivity contribution in [3.8, 4) is 27.9 Å². The first-order valence-electron chi connectivity index (χ1n) is 24.0. The van der Waals surface area contributed by atoms with Gasteiger partial charge in [-0.25, -0.2) is 0 Å². The lowest BCUT2D eigenvalue weighted by Gasteiger charge is -2.28. The number of anilines is 3. The van der Waals surface area contributed by atoms with Gasteiger partial charge in [0.15, 0.2) is 0 Å². The van der Waals surface area contributed by atoms with Crippen molar-refractivity contribution in [1.29, 1.82) is 0 Å². The predicted octanol–water partition coefficient (Wildman–Crippen LogP) is 18.9. The number of allylic oxidation sites excluding steroid dienone is 1. The second-order valence-corrected chi connectivity index (χ2v) is 19.1. The fourth-order valence-corrected chi connectivity index (χ4v) is 11.7. The summed E-state index contributed by atoms with van der Waals surface area (Å²) in [5, 5.41) is 7.57. The SMILES string of the molecule is C(=C(\Cc1ccc(-c2ccccc2)cc1)c1cccc2ccccc12)/c1ccccc1-c1ccccc1N(c1ccccc1)c1ccc2c3ccc4sc5ccccc5c4c3n(-c3ccccc3)c2c1. The van der Waals surface area contributed by atoms with E-state index in [0.717, 1.165) is 34.7 Å². The van der Waals surface area contributed by atoms with Gasteiger partial charge in [-0.15, -0.1) is 11.3 Å². The Bertz CT molecular complexity index is 4070. The van der Waals surface area contributed by atoms with E-state index >= 15 is 0 Å². The van der Waals surface area contributed by atoms with Gasteiger partial charge in [-0.3, -0.25) is 0 Å². The summed E-state index contributed by atoms with van der Waals surface area (Å²) in [4.78, 5) is 2.44. The Morgan fingerprint density at radius 2 is 1.09 bits per heavy atom. The van der Waals surface area contributed by atoms with Crippen LogP contribution < -0.4 is 4.90 Å². The average Bonchev–Trinajstić information content (AvgIpc) is 3.97. The lowest BCUT2D eigenvalue weighted by atomic mass is 9.89. The molecule has 0 amide bonds. The molecule has 2 heterocycles. The van der Waals surface area contributed by atoms with E-state index in [0.29, 0.717) is 0 Å². The van der Waals surface area contributed by atoms with Crippen LogP contribution in [0.25, 0.3) is 92.3 Å². The zero-order valence-electron chi connectivity index (χ0n) is 38.4. The van der Waals surface area contributed by atoms with E-state index in [9.17, 15) is 0 Å². The zero-order valence-corrected chi connectivity index (χ0v) is 39.2. The van der Waals surface area contributed by atoms with Gasteiger partial charge in [-0.1, -0.05) is 212 Å². The number of para-hydroxylation sites is 3. The summed E-state index contributed by atoms with van der Waals surface area (Å²) in [6.07, 6.45) is 3.21. The number of benzene rings is 11. The molecule has 0 aliphatic rings. The highest BCUT2D eigenvalue weighted by molar-refractivity contribution is 7.26. The van der Waals surface area contributed by atoms with Crippen LogP contribution in [-0.2, 0) is 6.42 Å². The molecule has 0 N–H and O–H groups in total. The Morgan fingerprint density at radius 3 is 1.91 bits per heavy atom. The highest BCUT2D eigenvalue weighted by Crippen LogP contribution is 2.47. The molecule has 13 rings (SSSR count). The van der Waals surface area contributed by atoms with Crippen LogP contribution in [0.2, 0.25) is 0 Å². The Hall–Kier alpha value is -8.76. The molecule has 2 nitrogen and oxygen atoms in total. The van der Waals surface area contributed by atoms with Gasteiger partial charge in [0.1, 0.15) is 0 Å². The van der Waals surface area contributed by atoms with Crippen LogP contribution in [0.5, 0.6) is 0 Å². The third-order valence-electron chi connectivity index (χ3n) is 13.9. The van der Waals surface area contributed by atoms with Crippen molar-refractivity contribution in [2.75, 3.05) is 4.90 Å². The molecule has 2 aromatic heterocycles. The van der Waals surface area contributed by atoms with Crippen molar-refractivity contribution >= 4 is 92.8 Å². The Morgan fingerprint density at radius 1 is 0.443 bits per heavy atom. The summed E-state index contributed by atoms with van der Waals surface area (Å²) in [6, 6.07) is 95.3. The number of hydrogen-bond acceptors (Lipinski definition) is 2. The van der Waals surface area contributed by atoms with E-state index in [4.69, 9.17) is 0 Å². The number of rotatable bonds is 10. The van der Waals surface area contributed by atoms with Gasteiger partial charge in [-0.2, -0.15) is 0 Å². The number of nitrogens with zero attached hydrogens (tertiary/aromatic N) is 2. The second kappa shape index (κ2) is 17.7. The number of aromatic nitrogens is 1. The Labute approximate surface area is 411 Å². The van der Waals surface area contributed by atoms with E-state index in [2.05, 4.69) is 276 Å². The number of thiophene rings is 1. The van der Waals surface area contributed by atoms with Crippen LogP contribution in [0.1, 0.15) is 16.7 Å². The monoisotopic (exact) mass is 910 g/mol. The van der Waals surface area contributed by atoms with Gasteiger partial charge in [0.05, 0.1) is 16.7 Å². The summed E-state index contributed by atoms with van der Waals surface area (Å²) in [7, 11) is 0. The third-order valence-corrected chi connectivity index (χ3v) is 15.0. The minimum atomic E-state index is 0.776. The van der Waals surface area contributed by atoms with Gasteiger partial charge >= 0.3 is 0 Å². The van der Waals surface area contributed by atoms with Crippen LogP contribution in [-0.4, -0.2) is 4.57 Å². The van der Waals surface area contributed by atoms with E-state index in [1.54, 1.807) is 0 Å². The van der Waals surface area contributed by atoms with Crippen LogP contribution in [0, 0.1) is 0 Å². The molecular weight excluding hydrogens is 865 g/mol. The van der Waals surface area contributed by atoms with E-state index in [-0.39, 0.29) is 0 Å². The van der Waals surface area contributed by atoms with E-state index in [1.165, 1.54) is 91.7 Å². The number of hydrogen-bond donors (Lipinski definition) is 0. The minimum absolute atomic E-state index is 0.776. The van der Waals surface area contributed by atoms with Crippen molar-refractivity contribution in [2.24, 2.45) is 0 Å². The zero-order chi connectivity index (χ0) is 46.4. The first-order chi connectivity index (χ1) is 34.7. The smallest absolute Gasteiger partial charge is 0.0634 e. The summed E-state index contributed by atoms with van der Waals surface area (Å²) in [5.41, 5.74) is 16.5. The first kappa shape index (κ1) is 41.4.